The maximum absolute atomic E-state index is 15.5. The summed E-state index contributed by atoms with van der Waals surface area (Å²) in [6.45, 7) is 3.72. The third-order valence-corrected chi connectivity index (χ3v) is 8.54. The molecule has 1 saturated heterocycles. The molecule has 1 aliphatic rings. The summed E-state index contributed by atoms with van der Waals surface area (Å²) in [5.74, 6) is -0.0850. The molecular weight excluding hydrogens is 541 g/mol. The molecular formula is C27H25ClFN7O2S. The van der Waals surface area contributed by atoms with E-state index in [0.717, 1.165) is 37.7 Å². The summed E-state index contributed by atoms with van der Waals surface area (Å²) < 4.78 is 45.4. The molecule has 4 heterocycles. The maximum Gasteiger partial charge on any atom is 0.263 e. The van der Waals surface area contributed by atoms with E-state index in [1.54, 1.807) is 24.4 Å². The van der Waals surface area contributed by atoms with E-state index >= 15 is 4.39 Å². The zero-order chi connectivity index (χ0) is 27.1. The normalized spacial score (nSPS) is 16.0. The molecule has 3 N–H and O–H groups in total. The Labute approximate surface area is 229 Å². The summed E-state index contributed by atoms with van der Waals surface area (Å²) in [7, 11) is -4.00. The molecule has 0 spiro atoms. The first-order chi connectivity index (χ1) is 18.8. The average molecular weight is 566 g/mol. The van der Waals surface area contributed by atoms with Crippen molar-refractivity contribution in [2.75, 3.05) is 23.1 Å². The van der Waals surface area contributed by atoms with E-state index in [1.807, 2.05) is 17.5 Å². The van der Waals surface area contributed by atoms with E-state index in [-0.39, 0.29) is 27.2 Å². The highest BCUT2D eigenvalue weighted by molar-refractivity contribution is 7.92. The van der Waals surface area contributed by atoms with Gasteiger partial charge in [-0.25, -0.2) is 22.8 Å². The van der Waals surface area contributed by atoms with Crippen LogP contribution in [-0.4, -0.2) is 46.9 Å². The molecule has 0 aliphatic carbocycles. The first-order valence-electron chi connectivity index (χ1n) is 12.5. The number of aryl methyl sites for hydroxylation is 1. The second-order valence-electron chi connectivity index (χ2n) is 9.52. The number of sulfonamides is 1. The minimum atomic E-state index is -4.00. The highest BCUT2D eigenvalue weighted by Gasteiger charge is 2.21. The van der Waals surface area contributed by atoms with Gasteiger partial charge in [-0.2, -0.15) is 4.98 Å². The van der Waals surface area contributed by atoms with Gasteiger partial charge in [0.15, 0.2) is 5.65 Å². The van der Waals surface area contributed by atoms with Crippen molar-refractivity contribution in [1.29, 1.82) is 0 Å². The molecule has 9 nitrogen and oxygen atoms in total. The van der Waals surface area contributed by atoms with Gasteiger partial charge in [-0.1, -0.05) is 23.7 Å². The lowest BCUT2D eigenvalue weighted by molar-refractivity contribution is 0.478. The molecule has 0 saturated carbocycles. The molecule has 6 rings (SSSR count). The number of imidazole rings is 1. The topological polar surface area (TPSA) is 113 Å². The second kappa shape index (κ2) is 10.1. The lowest BCUT2D eigenvalue weighted by atomic mass is 10.0. The number of pyridine rings is 1. The Morgan fingerprint density at radius 2 is 1.95 bits per heavy atom. The Morgan fingerprint density at radius 1 is 1.10 bits per heavy atom. The van der Waals surface area contributed by atoms with Crippen LogP contribution in [0.25, 0.3) is 27.8 Å². The highest BCUT2D eigenvalue weighted by Crippen LogP contribution is 2.33. The molecule has 3 aromatic heterocycles. The van der Waals surface area contributed by atoms with Gasteiger partial charge in [-0.3, -0.25) is 9.12 Å². The molecule has 12 heteroatoms. The van der Waals surface area contributed by atoms with Crippen molar-refractivity contribution in [2.45, 2.75) is 30.7 Å². The second-order valence-corrected chi connectivity index (χ2v) is 11.6. The smallest absolute Gasteiger partial charge is 0.263 e. The van der Waals surface area contributed by atoms with Crippen LogP contribution >= 0.6 is 11.6 Å². The number of nitrogens with one attached hydrogen (secondary N) is 3. The predicted molar refractivity (Wildman–Crippen MR) is 150 cm³/mol. The van der Waals surface area contributed by atoms with Gasteiger partial charge in [0.2, 0.25) is 5.95 Å². The summed E-state index contributed by atoms with van der Waals surface area (Å²) in [6, 6.07) is 12.3. The number of piperidine rings is 1. The van der Waals surface area contributed by atoms with Gasteiger partial charge in [-0.15, -0.1) is 0 Å². The van der Waals surface area contributed by atoms with Crippen LogP contribution in [-0.2, 0) is 10.0 Å². The van der Waals surface area contributed by atoms with Gasteiger partial charge in [0, 0.05) is 41.5 Å². The molecule has 1 aliphatic heterocycles. The number of anilines is 2. The van der Waals surface area contributed by atoms with Gasteiger partial charge in [0.1, 0.15) is 16.4 Å². The largest absolute Gasteiger partial charge is 0.350 e. The number of hydrogen-bond acceptors (Lipinski definition) is 7. The van der Waals surface area contributed by atoms with E-state index in [0.29, 0.717) is 28.2 Å². The zero-order valence-corrected chi connectivity index (χ0v) is 22.5. The Kier molecular flexibility index (Phi) is 6.57. The molecule has 0 amide bonds. The predicted octanol–water partition coefficient (Wildman–Crippen LogP) is 5.01. The Bertz CT molecular complexity index is 1820. The van der Waals surface area contributed by atoms with Crippen LogP contribution in [0, 0.1) is 12.7 Å². The molecule has 1 unspecified atom stereocenters. The fourth-order valence-corrected chi connectivity index (χ4v) is 6.41. The van der Waals surface area contributed by atoms with Gasteiger partial charge in [-0.05, 0) is 62.7 Å². The van der Waals surface area contributed by atoms with E-state index in [2.05, 4.69) is 25.3 Å². The van der Waals surface area contributed by atoms with Gasteiger partial charge < -0.3 is 10.6 Å². The van der Waals surface area contributed by atoms with Crippen LogP contribution in [0.15, 0.2) is 65.8 Å². The first-order valence-corrected chi connectivity index (χ1v) is 14.3. The van der Waals surface area contributed by atoms with Gasteiger partial charge in [0.05, 0.1) is 16.4 Å². The molecule has 0 radical (unpaired) electrons. The number of fused-ring (bicyclic) bond motifs is 3. The fraction of sp³-hybridized carbons (Fsp3) is 0.222. The summed E-state index contributed by atoms with van der Waals surface area (Å²) >= 11 is 6.06. The van der Waals surface area contributed by atoms with Crippen molar-refractivity contribution in [2.24, 2.45) is 0 Å². The van der Waals surface area contributed by atoms with Crippen LogP contribution in [0.2, 0.25) is 5.02 Å². The Morgan fingerprint density at radius 3 is 2.72 bits per heavy atom. The summed E-state index contributed by atoms with van der Waals surface area (Å²) in [5.41, 5.74) is 2.81. The Hall–Kier alpha value is -3.80. The zero-order valence-electron chi connectivity index (χ0n) is 20.9. The van der Waals surface area contributed by atoms with Gasteiger partial charge in [0.25, 0.3) is 10.0 Å². The molecule has 2 aromatic carbocycles. The van der Waals surface area contributed by atoms with Gasteiger partial charge >= 0.3 is 0 Å². The lowest BCUT2D eigenvalue weighted by Crippen LogP contribution is -2.38. The maximum atomic E-state index is 15.5. The monoisotopic (exact) mass is 565 g/mol. The SMILES string of the molecule is Cc1cn2c(n1)c(-c1ccc(NS(=O)(=O)c3ccccc3Cl)cc1F)cc1cnc(NC3CCCNC3)nc12. The minimum Gasteiger partial charge on any atom is -0.350 e. The van der Waals surface area contributed by atoms with E-state index in [4.69, 9.17) is 16.6 Å². The highest BCUT2D eigenvalue weighted by atomic mass is 35.5. The van der Waals surface area contributed by atoms with E-state index < -0.39 is 15.8 Å². The number of aromatic nitrogens is 4. The molecule has 200 valence electrons. The van der Waals surface area contributed by atoms with Crippen molar-refractivity contribution in [3.8, 4) is 11.1 Å². The minimum absolute atomic E-state index is 0.0729. The molecule has 0 bridgehead atoms. The third-order valence-electron chi connectivity index (χ3n) is 6.66. The Balaban J connectivity index is 1.37. The van der Waals surface area contributed by atoms with Crippen molar-refractivity contribution in [3.63, 3.8) is 0 Å². The number of benzene rings is 2. The van der Waals surface area contributed by atoms with E-state index in [1.165, 1.54) is 24.3 Å². The van der Waals surface area contributed by atoms with Crippen molar-refractivity contribution >= 4 is 49.9 Å². The summed E-state index contributed by atoms with van der Waals surface area (Å²) in [4.78, 5) is 13.8. The van der Waals surface area contributed by atoms with Crippen LogP contribution in [0.5, 0.6) is 0 Å². The third kappa shape index (κ3) is 5.00. The molecule has 1 atom stereocenters. The van der Waals surface area contributed by atoms with E-state index in [9.17, 15) is 8.42 Å². The number of hydrogen-bond donors (Lipinski definition) is 3. The summed E-state index contributed by atoms with van der Waals surface area (Å²) in [6.07, 6.45) is 5.69. The van der Waals surface area contributed by atoms with Crippen LogP contribution in [0.3, 0.4) is 0 Å². The van der Waals surface area contributed by atoms with Crippen molar-refractivity contribution in [3.05, 3.63) is 77.5 Å². The van der Waals surface area contributed by atoms with Crippen LogP contribution in [0.1, 0.15) is 18.5 Å². The van der Waals surface area contributed by atoms with Crippen LogP contribution in [0.4, 0.5) is 16.0 Å². The van der Waals surface area contributed by atoms with Crippen molar-refractivity contribution in [1.82, 2.24) is 24.7 Å². The van der Waals surface area contributed by atoms with Crippen molar-refractivity contribution < 1.29 is 12.8 Å². The summed E-state index contributed by atoms with van der Waals surface area (Å²) in [5, 5.41) is 7.56. The first kappa shape index (κ1) is 25.5. The number of rotatable bonds is 6. The lowest BCUT2D eigenvalue weighted by Gasteiger charge is -2.23. The van der Waals surface area contributed by atoms with Crippen LogP contribution < -0.4 is 15.4 Å². The molecule has 1 fully saturated rings. The quantitative estimate of drug-likeness (QED) is 0.265. The average Bonchev–Trinajstić information content (AvgIpc) is 3.31. The molecule has 5 aromatic rings. The number of nitrogens with zero attached hydrogens (tertiary/aromatic N) is 4. The standard InChI is InChI=1S/C27H25ClFN7O2S/c1-16-15-36-25-17(13-31-27(34-25)33-19-5-4-10-30-14-19)11-21(26(36)32-16)20-9-8-18(12-23(20)29)35-39(37,38)24-7-3-2-6-22(24)28/h2-3,6-9,11-13,15,19,30,35H,4-5,10,14H2,1H3,(H,31,33,34). The fourth-order valence-electron chi connectivity index (χ4n) is 4.84. The molecule has 39 heavy (non-hydrogen) atoms. The number of halogens is 2.